The van der Waals surface area contributed by atoms with Gasteiger partial charge < -0.3 is 20.2 Å². The molecule has 2 aromatic heterocycles. The van der Waals surface area contributed by atoms with Crippen LogP contribution in [0.1, 0.15) is 106 Å². The third-order valence-corrected chi connectivity index (χ3v) is 12.5. The first-order valence-electron chi connectivity index (χ1n) is 14.3. The van der Waals surface area contributed by atoms with Crippen LogP contribution < -0.4 is 15.8 Å². The number of anilines is 2. The predicted molar refractivity (Wildman–Crippen MR) is 161 cm³/mol. The molecular formula is C30H53N5O2Si. The Hall–Kier alpha value is -1.90. The molecule has 3 N–H and O–H groups in total. The first-order chi connectivity index (χ1) is 17.3. The standard InChI is InChI=1S/C30H53N5O2Si/c1-21(14-16-30(8,9)31)36-27-19-23(15-17-32-27)33-26-20-25(34-35(26)28(2,3)4)22-12-13-24(18-22)37-38(10,11)29(5,6)7/h15,17,19-22,24H,12-14,16,18,31H2,1-11H3,(H,32,33)/t21?,22-,24+/m0/s1. The number of ether oxygens (including phenoxy) is 1. The number of pyridine rings is 1. The van der Waals surface area contributed by atoms with E-state index in [1.165, 1.54) is 0 Å². The monoisotopic (exact) mass is 543 g/mol. The molecule has 3 atom stereocenters. The molecular weight excluding hydrogens is 490 g/mol. The van der Waals surface area contributed by atoms with Gasteiger partial charge in [-0.1, -0.05) is 20.8 Å². The fourth-order valence-corrected chi connectivity index (χ4v) is 6.05. The Balaban J connectivity index is 1.73. The van der Waals surface area contributed by atoms with Crippen molar-refractivity contribution in [1.82, 2.24) is 14.8 Å². The fourth-order valence-electron chi connectivity index (χ4n) is 4.65. The van der Waals surface area contributed by atoms with Crippen molar-refractivity contribution < 1.29 is 9.16 Å². The number of nitrogens with zero attached hydrogens (tertiary/aromatic N) is 3. The minimum absolute atomic E-state index is 0.0381. The van der Waals surface area contributed by atoms with Crippen LogP contribution in [0.4, 0.5) is 11.5 Å². The number of aromatic nitrogens is 3. The zero-order valence-electron chi connectivity index (χ0n) is 25.8. The summed E-state index contributed by atoms with van der Waals surface area (Å²) in [5.41, 5.74) is 7.86. The van der Waals surface area contributed by atoms with Crippen LogP contribution in [0.3, 0.4) is 0 Å². The second kappa shape index (κ2) is 11.3. The average molecular weight is 544 g/mol. The van der Waals surface area contributed by atoms with E-state index < -0.39 is 8.32 Å². The van der Waals surface area contributed by atoms with Crippen LogP contribution in [-0.4, -0.2) is 40.8 Å². The molecule has 1 aliphatic rings. The predicted octanol–water partition coefficient (Wildman–Crippen LogP) is 7.72. The maximum Gasteiger partial charge on any atom is 0.215 e. The van der Waals surface area contributed by atoms with Crippen molar-refractivity contribution in [3.05, 3.63) is 30.1 Å². The second-order valence-electron chi connectivity index (χ2n) is 14.5. The summed E-state index contributed by atoms with van der Waals surface area (Å²) in [5.74, 6) is 2.01. The van der Waals surface area contributed by atoms with Crippen molar-refractivity contribution in [3.8, 4) is 5.88 Å². The summed E-state index contributed by atoms with van der Waals surface area (Å²) in [6, 6.07) is 6.15. The molecule has 8 heteroatoms. The summed E-state index contributed by atoms with van der Waals surface area (Å²) in [7, 11) is -1.78. The Kier molecular flexibility index (Phi) is 9.11. The lowest BCUT2D eigenvalue weighted by atomic mass is 9.98. The van der Waals surface area contributed by atoms with E-state index in [-0.39, 0.29) is 22.2 Å². The van der Waals surface area contributed by atoms with Crippen molar-refractivity contribution in [3.63, 3.8) is 0 Å². The van der Waals surface area contributed by atoms with Crippen molar-refractivity contribution in [2.75, 3.05) is 5.32 Å². The molecule has 0 bridgehead atoms. The van der Waals surface area contributed by atoms with Crippen LogP contribution >= 0.6 is 0 Å². The molecule has 38 heavy (non-hydrogen) atoms. The zero-order valence-corrected chi connectivity index (χ0v) is 26.8. The Labute approximate surface area is 232 Å². The number of rotatable bonds is 10. The summed E-state index contributed by atoms with van der Waals surface area (Å²) in [6.45, 7) is 24.4. The molecule has 0 spiro atoms. The first kappa shape index (κ1) is 30.6. The normalized spacial score (nSPS) is 20.0. The van der Waals surface area contributed by atoms with Crippen LogP contribution in [-0.2, 0) is 9.96 Å². The van der Waals surface area contributed by atoms with Crippen molar-refractivity contribution >= 4 is 19.8 Å². The molecule has 7 nitrogen and oxygen atoms in total. The van der Waals surface area contributed by atoms with Gasteiger partial charge >= 0.3 is 0 Å². The quantitative estimate of drug-likeness (QED) is 0.298. The molecule has 0 aromatic carbocycles. The molecule has 0 radical (unpaired) electrons. The Bertz CT molecular complexity index is 1060. The Morgan fingerprint density at radius 1 is 1.11 bits per heavy atom. The summed E-state index contributed by atoms with van der Waals surface area (Å²) in [6.07, 6.45) is 7.18. The van der Waals surface area contributed by atoms with Crippen LogP contribution in [0.25, 0.3) is 0 Å². The van der Waals surface area contributed by atoms with Gasteiger partial charge in [0.15, 0.2) is 8.32 Å². The lowest BCUT2D eigenvalue weighted by Gasteiger charge is -2.38. The Morgan fingerprint density at radius 2 is 1.79 bits per heavy atom. The van der Waals surface area contributed by atoms with Gasteiger partial charge in [0.1, 0.15) is 5.82 Å². The second-order valence-corrected chi connectivity index (χ2v) is 19.3. The van der Waals surface area contributed by atoms with Gasteiger partial charge in [-0.25, -0.2) is 9.67 Å². The lowest BCUT2D eigenvalue weighted by Crippen LogP contribution is -2.43. The smallest absolute Gasteiger partial charge is 0.215 e. The summed E-state index contributed by atoms with van der Waals surface area (Å²) >= 11 is 0. The van der Waals surface area contributed by atoms with E-state index in [0.29, 0.717) is 17.9 Å². The number of nitrogens with one attached hydrogen (secondary N) is 1. The van der Waals surface area contributed by atoms with E-state index in [1.54, 1.807) is 6.20 Å². The third kappa shape index (κ3) is 8.30. The van der Waals surface area contributed by atoms with E-state index in [9.17, 15) is 0 Å². The van der Waals surface area contributed by atoms with Gasteiger partial charge in [-0.15, -0.1) is 0 Å². The molecule has 0 saturated heterocycles. The van der Waals surface area contributed by atoms with E-state index in [0.717, 1.165) is 49.3 Å². The van der Waals surface area contributed by atoms with Crippen LogP contribution in [0.5, 0.6) is 5.88 Å². The molecule has 0 amide bonds. The highest BCUT2D eigenvalue weighted by atomic mass is 28.4. The SMILES string of the molecule is CC(CCC(C)(C)N)Oc1cc(Nc2cc([C@H]3CC[C@@H](O[Si](C)(C)C(C)(C)C)C3)nn2C(C)(C)C)ccn1. The third-order valence-electron chi connectivity index (χ3n) is 7.96. The van der Waals surface area contributed by atoms with Gasteiger partial charge in [-0.3, -0.25) is 0 Å². The highest BCUT2D eigenvalue weighted by Crippen LogP contribution is 2.43. The fraction of sp³-hybridized carbons (Fsp3) is 0.733. The highest BCUT2D eigenvalue weighted by Gasteiger charge is 2.41. The van der Waals surface area contributed by atoms with E-state index in [1.807, 2.05) is 26.0 Å². The van der Waals surface area contributed by atoms with E-state index in [4.69, 9.17) is 20.0 Å². The Morgan fingerprint density at radius 3 is 2.39 bits per heavy atom. The average Bonchev–Trinajstić information content (AvgIpc) is 3.38. The summed E-state index contributed by atoms with van der Waals surface area (Å²) < 4.78 is 15.0. The minimum Gasteiger partial charge on any atom is -0.475 e. The van der Waals surface area contributed by atoms with Gasteiger partial charge in [0, 0.05) is 41.6 Å². The molecule has 2 aromatic rings. The van der Waals surface area contributed by atoms with Crippen LogP contribution in [0, 0.1) is 0 Å². The zero-order chi connectivity index (χ0) is 28.5. The maximum absolute atomic E-state index is 6.76. The first-order valence-corrected chi connectivity index (χ1v) is 17.2. The van der Waals surface area contributed by atoms with Gasteiger partial charge in [0.25, 0.3) is 0 Å². The molecule has 1 unspecified atom stereocenters. The molecule has 1 saturated carbocycles. The topological polar surface area (TPSA) is 87.2 Å². The van der Waals surface area contributed by atoms with Gasteiger partial charge in [0.05, 0.1) is 17.3 Å². The molecule has 214 valence electrons. The van der Waals surface area contributed by atoms with Crippen LogP contribution in [0.2, 0.25) is 18.1 Å². The summed E-state index contributed by atoms with van der Waals surface area (Å²) in [5, 5.41) is 8.93. The lowest BCUT2D eigenvalue weighted by molar-refractivity contribution is 0.186. The van der Waals surface area contributed by atoms with Crippen molar-refractivity contribution in [1.29, 1.82) is 0 Å². The van der Waals surface area contributed by atoms with Crippen molar-refractivity contribution in [2.45, 2.75) is 142 Å². The van der Waals surface area contributed by atoms with E-state index in [2.05, 4.69) is 82.6 Å². The molecule has 3 rings (SSSR count). The molecule has 2 heterocycles. The molecule has 1 fully saturated rings. The molecule has 0 aliphatic heterocycles. The van der Waals surface area contributed by atoms with Gasteiger partial charge in [-0.2, -0.15) is 5.10 Å². The van der Waals surface area contributed by atoms with Crippen LogP contribution in [0.15, 0.2) is 24.4 Å². The van der Waals surface area contributed by atoms with E-state index >= 15 is 0 Å². The van der Waals surface area contributed by atoms with Crippen molar-refractivity contribution in [2.24, 2.45) is 5.73 Å². The number of hydrogen-bond acceptors (Lipinski definition) is 6. The minimum atomic E-state index is -1.78. The molecule has 1 aliphatic carbocycles. The van der Waals surface area contributed by atoms with Gasteiger partial charge in [-0.05, 0) is 97.8 Å². The number of nitrogens with two attached hydrogens (primary N) is 1. The summed E-state index contributed by atoms with van der Waals surface area (Å²) in [4.78, 5) is 4.43. The highest BCUT2D eigenvalue weighted by molar-refractivity contribution is 6.74. The maximum atomic E-state index is 6.76. The van der Waals surface area contributed by atoms with Gasteiger partial charge in [0.2, 0.25) is 5.88 Å². The largest absolute Gasteiger partial charge is 0.475 e. The number of hydrogen-bond donors (Lipinski definition) is 2.